The first-order valence-corrected chi connectivity index (χ1v) is 6.31. The summed E-state index contributed by atoms with van der Waals surface area (Å²) in [5.41, 5.74) is 7.01. The highest BCUT2D eigenvalue weighted by atomic mass is 32.1. The van der Waals surface area contributed by atoms with Gasteiger partial charge >= 0.3 is 0 Å². The van der Waals surface area contributed by atoms with Gasteiger partial charge in [0.05, 0.1) is 18.4 Å². The van der Waals surface area contributed by atoms with Crippen molar-refractivity contribution in [3.8, 4) is 0 Å². The van der Waals surface area contributed by atoms with Gasteiger partial charge < -0.3 is 10.5 Å². The van der Waals surface area contributed by atoms with Crippen molar-refractivity contribution in [3.63, 3.8) is 0 Å². The monoisotopic (exact) mass is 239 g/mol. The maximum atomic E-state index is 5.97. The first-order valence-electron chi connectivity index (χ1n) is 5.43. The van der Waals surface area contributed by atoms with Crippen LogP contribution in [0.25, 0.3) is 4.96 Å². The molecular weight excluding hydrogens is 222 g/mol. The number of fused-ring (bicyclic) bond motifs is 1. The number of ether oxygens (including phenoxy) is 1. The number of thiazole rings is 1. The lowest BCUT2D eigenvalue weighted by Crippen LogP contribution is -2.30. The molecule has 2 aromatic heterocycles. The van der Waals surface area contributed by atoms with Crippen molar-refractivity contribution in [3.05, 3.63) is 23.5 Å². The van der Waals surface area contributed by atoms with Gasteiger partial charge in [0.25, 0.3) is 0 Å². The summed E-state index contributed by atoms with van der Waals surface area (Å²) >= 11 is 1.63. The van der Waals surface area contributed by atoms with E-state index in [4.69, 9.17) is 10.5 Å². The van der Waals surface area contributed by atoms with Crippen LogP contribution in [0.3, 0.4) is 0 Å². The van der Waals surface area contributed by atoms with Gasteiger partial charge in [0.2, 0.25) is 0 Å². The number of nitrogens with two attached hydrogens (primary N) is 1. The van der Waals surface area contributed by atoms with E-state index in [-0.39, 0.29) is 12.1 Å². The predicted molar refractivity (Wildman–Crippen MR) is 65.8 cm³/mol. The number of imidazole rings is 1. The molecule has 2 aromatic rings. The van der Waals surface area contributed by atoms with Crippen LogP contribution in [0.2, 0.25) is 0 Å². The van der Waals surface area contributed by atoms with Crippen molar-refractivity contribution in [1.82, 2.24) is 9.38 Å². The van der Waals surface area contributed by atoms with E-state index < -0.39 is 0 Å². The average Bonchev–Trinajstić information content (AvgIpc) is 2.74. The largest absolute Gasteiger partial charge is 0.377 e. The van der Waals surface area contributed by atoms with Crippen LogP contribution in [0.5, 0.6) is 0 Å². The number of aromatic nitrogens is 2. The highest BCUT2D eigenvalue weighted by Gasteiger charge is 2.09. The first-order chi connectivity index (χ1) is 7.65. The Morgan fingerprint density at radius 2 is 2.38 bits per heavy atom. The first kappa shape index (κ1) is 11.6. The minimum absolute atomic E-state index is 0.0204. The van der Waals surface area contributed by atoms with Crippen LogP contribution in [0, 0.1) is 0 Å². The maximum absolute atomic E-state index is 5.97. The Hall–Kier alpha value is -0.910. The molecule has 4 nitrogen and oxygen atoms in total. The number of rotatable bonds is 5. The van der Waals surface area contributed by atoms with Crippen LogP contribution >= 0.6 is 11.3 Å². The molecule has 16 heavy (non-hydrogen) atoms. The van der Waals surface area contributed by atoms with E-state index in [2.05, 4.69) is 4.98 Å². The van der Waals surface area contributed by atoms with Gasteiger partial charge in [-0.05, 0) is 13.8 Å². The van der Waals surface area contributed by atoms with Crippen molar-refractivity contribution in [1.29, 1.82) is 0 Å². The van der Waals surface area contributed by atoms with Gasteiger partial charge in [-0.2, -0.15) is 0 Å². The lowest BCUT2D eigenvalue weighted by atomic mass is 10.2. The Balaban J connectivity index is 1.91. The van der Waals surface area contributed by atoms with E-state index in [9.17, 15) is 0 Å². The third-order valence-corrected chi connectivity index (χ3v) is 3.03. The van der Waals surface area contributed by atoms with Gasteiger partial charge in [0, 0.05) is 30.2 Å². The molecule has 0 aliphatic rings. The van der Waals surface area contributed by atoms with Crippen LogP contribution < -0.4 is 5.73 Å². The summed E-state index contributed by atoms with van der Waals surface area (Å²) in [6, 6.07) is 0.0204. The molecule has 0 spiro atoms. The van der Waals surface area contributed by atoms with E-state index in [1.165, 1.54) is 0 Å². The van der Waals surface area contributed by atoms with Crippen molar-refractivity contribution >= 4 is 16.3 Å². The SMILES string of the molecule is CC(C)OCC(N)Cc1cn2ccsc2n1. The van der Waals surface area contributed by atoms with Gasteiger partial charge in [0.1, 0.15) is 0 Å². The number of hydrogen-bond acceptors (Lipinski definition) is 4. The Morgan fingerprint density at radius 3 is 3.06 bits per heavy atom. The van der Waals surface area contributed by atoms with E-state index in [1.807, 2.05) is 36.0 Å². The average molecular weight is 239 g/mol. The lowest BCUT2D eigenvalue weighted by Gasteiger charge is -2.12. The highest BCUT2D eigenvalue weighted by Crippen LogP contribution is 2.12. The molecule has 2 rings (SSSR count). The summed E-state index contributed by atoms with van der Waals surface area (Å²) in [5.74, 6) is 0. The van der Waals surface area contributed by atoms with Gasteiger partial charge in [-0.1, -0.05) is 0 Å². The molecule has 0 saturated heterocycles. The van der Waals surface area contributed by atoms with Crippen LogP contribution in [0.4, 0.5) is 0 Å². The summed E-state index contributed by atoms with van der Waals surface area (Å²) in [6.07, 6.45) is 5.03. The number of hydrogen-bond donors (Lipinski definition) is 1. The van der Waals surface area contributed by atoms with Crippen LogP contribution in [0.15, 0.2) is 17.8 Å². The molecule has 1 unspecified atom stereocenters. The summed E-state index contributed by atoms with van der Waals surface area (Å²) in [4.78, 5) is 5.51. The van der Waals surface area contributed by atoms with E-state index >= 15 is 0 Å². The zero-order valence-corrected chi connectivity index (χ0v) is 10.4. The molecule has 0 aliphatic heterocycles. The fourth-order valence-electron chi connectivity index (χ4n) is 1.52. The standard InChI is InChI=1S/C11H17N3OS/c1-8(2)15-7-9(12)5-10-6-14-3-4-16-11(14)13-10/h3-4,6,8-9H,5,7,12H2,1-2H3. The Morgan fingerprint density at radius 1 is 1.56 bits per heavy atom. The smallest absolute Gasteiger partial charge is 0.193 e. The minimum atomic E-state index is 0.0204. The summed E-state index contributed by atoms with van der Waals surface area (Å²) < 4.78 is 7.50. The fourth-order valence-corrected chi connectivity index (χ4v) is 2.24. The number of nitrogens with zero attached hydrogens (tertiary/aromatic N) is 2. The van der Waals surface area contributed by atoms with Crippen molar-refractivity contribution < 1.29 is 4.74 Å². The highest BCUT2D eigenvalue weighted by molar-refractivity contribution is 7.15. The van der Waals surface area contributed by atoms with Gasteiger partial charge in [-0.3, -0.25) is 4.40 Å². The van der Waals surface area contributed by atoms with Crippen molar-refractivity contribution in [2.24, 2.45) is 5.73 Å². The molecule has 0 aromatic carbocycles. The third-order valence-electron chi connectivity index (χ3n) is 2.26. The van der Waals surface area contributed by atoms with Crippen LogP contribution in [0.1, 0.15) is 19.5 Å². The Labute approximate surface area is 99.1 Å². The lowest BCUT2D eigenvalue weighted by molar-refractivity contribution is 0.0683. The summed E-state index contributed by atoms with van der Waals surface area (Å²) in [5, 5.41) is 2.02. The molecule has 5 heteroatoms. The van der Waals surface area contributed by atoms with Crippen LogP contribution in [-0.4, -0.2) is 28.1 Å². The van der Waals surface area contributed by atoms with E-state index in [0.717, 1.165) is 17.1 Å². The van der Waals surface area contributed by atoms with Crippen molar-refractivity contribution in [2.75, 3.05) is 6.61 Å². The molecule has 1 atom stereocenters. The van der Waals surface area contributed by atoms with Crippen molar-refractivity contribution in [2.45, 2.75) is 32.4 Å². The summed E-state index contributed by atoms with van der Waals surface area (Å²) in [6.45, 7) is 4.61. The van der Waals surface area contributed by atoms with E-state index in [0.29, 0.717) is 6.61 Å². The van der Waals surface area contributed by atoms with Crippen LogP contribution in [-0.2, 0) is 11.2 Å². The molecule has 0 radical (unpaired) electrons. The van der Waals surface area contributed by atoms with Gasteiger partial charge in [-0.25, -0.2) is 4.98 Å². The molecule has 2 heterocycles. The molecule has 0 amide bonds. The quantitative estimate of drug-likeness (QED) is 0.864. The van der Waals surface area contributed by atoms with Gasteiger partial charge in [-0.15, -0.1) is 11.3 Å². The molecular formula is C11H17N3OS. The molecule has 0 saturated carbocycles. The fraction of sp³-hybridized carbons (Fsp3) is 0.545. The zero-order chi connectivity index (χ0) is 11.5. The topological polar surface area (TPSA) is 52.5 Å². The third kappa shape index (κ3) is 2.81. The second-order valence-corrected chi connectivity index (χ2v) is 5.04. The summed E-state index contributed by atoms with van der Waals surface area (Å²) in [7, 11) is 0. The second kappa shape index (κ2) is 4.95. The second-order valence-electron chi connectivity index (χ2n) is 4.17. The Kier molecular flexibility index (Phi) is 3.58. The maximum Gasteiger partial charge on any atom is 0.193 e. The van der Waals surface area contributed by atoms with E-state index in [1.54, 1.807) is 11.3 Å². The molecule has 2 N–H and O–H groups in total. The minimum Gasteiger partial charge on any atom is -0.377 e. The van der Waals surface area contributed by atoms with Gasteiger partial charge in [0.15, 0.2) is 4.96 Å². The normalized spacial score (nSPS) is 13.8. The molecule has 0 bridgehead atoms. The zero-order valence-electron chi connectivity index (χ0n) is 9.59. The Bertz CT molecular complexity index is 420. The molecule has 0 fully saturated rings. The molecule has 88 valence electrons. The molecule has 0 aliphatic carbocycles. The predicted octanol–water partition coefficient (Wildman–Crippen LogP) is 1.69.